The molecule has 0 unspecified atom stereocenters. The van der Waals surface area contributed by atoms with Crippen LogP contribution in [-0.2, 0) is 20.0 Å². The average molecular weight is 482 g/mol. The number of hydrogen-bond donors (Lipinski definition) is 1. The number of rotatable bonds is 10. The Morgan fingerprint density at radius 1 is 1.00 bits per heavy atom. The maximum absolute atomic E-state index is 13.5. The molecule has 176 valence electrons. The Kier molecular flexibility index (Phi) is 8.29. The van der Waals surface area contributed by atoms with Gasteiger partial charge in [-0.3, -0.25) is 0 Å². The topological polar surface area (TPSA) is 96.0 Å². The summed E-state index contributed by atoms with van der Waals surface area (Å²) in [5, 5.41) is 3.13. The maximum atomic E-state index is 13.5. The van der Waals surface area contributed by atoms with Crippen molar-refractivity contribution in [2.75, 3.05) is 52.1 Å². The summed E-state index contributed by atoms with van der Waals surface area (Å²) in [5.41, 5.74) is 0.993. The zero-order valence-electron chi connectivity index (χ0n) is 18.5. The third-order valence-corrected chi connectivity index (χ3v) is 9.34. The van der Waals surface area contributed by atoms with Crippen LogP contribution in [0, 0.1) is 0 Å². The van der Waals surface area contributed by atoms with Crippen LogP contribution in [-0.4, -0.2) is 77.6 Å². The summed E-state index contributed by atoms with van der Waals surface area (Å²) in [5.74, 6) is 0.185. The van der Waals surface area contributed by atoms with E-state index in [2.05, 4.69) is 5.32 Å². The summed E-state index contributed by atoms with van der Waals surface area (Å²) in [7, 11) is -5.95. The lowest BCUT2D eigenvalue weighted by Crippen LogP contribution is -2.48. The second-order valence-electron chi connectivity index (χ2n) is 7.82. The molecule has 1 N–H and O–H groups in total. The molecule has 0 aliphatic carbocycles. The molecule has 10 heteroatoms. The fourth-order valence-electron chi connectivity index (χ4n) is 3.67. The smallest absolute Gasteiger partial charge is 0.243 e. The van der Waals surface area contributed by atoms with Gasteiger partial charge in [0.1, 0.15) is 5.75 Å². The number of hydrogen-bond acceptors (Lipinski definition) is 6. The van der Waals surface area contributed by atoms with E-state index >= 15 is 0 Å². The SMILES string of the molecule is COc1ccc(S(=O)(=O)N(CCS(=O)(=O)N2CCNCC2)C[C@@H](C)c2ccccc2)cc1. The Balaban J connectivity index is 1.84. The first-order chi connectivity index (χ1) is 15.2. The lowest BCUT2D eigenvalue weighted by molar-refractivity contribution is 0.354. The molecule has 1 fully saturated rings. The van der Waals surface area contributed by atoms with Crippen molar-refractivity contribution in [1.82, 2.24) is 13.9 Å². The van der Waals surface area contributed by atoms with Crippen LogP contribution in [0.3, 0.4) is 0 Å². The van der Waals surface area contributed by atoms with Crippen LogP contribution in [0.15, 0.2) is 59.5 Å². The third-order valence-electron chi connectivity index (χ3n) is 5.61. The molecule has 3 rings (SSSR count). The summed E-state index contributed by atoms with van der Waals surface area (Å²) in [6.07, 6.45) is 0. The van der Waals surface area contributed by atoms with Crippen molar-refractivity contribution in [2.24, 2.45) is 0 Å². The maximum Gasteiger partial charge on any atom is 0.243 e. The number of sulfonamides is 2. The largest absolute Gasteiger partial charge is 0.497 e. The molecule has 0 radical (unpaired) electrons. The monoisotopic (exact) mass is 481 g/mol. The highest BCUT2D eigenvalue weighted by Crippen LogP contribution is 2.24. The number of nitrogens with zero attached hydrogens (tertiary/aromatic N) is 2. The van der Waals surface area contributed by atoms with Gasteiger partial charge in [0.05, 0.1) is 17.8 Å². The van der Waals surface area contributed by atoms with Gasteiger partial charge in [0.2, 0.25) is 20.0 Å². The first-order valence-electron chi connectivity index (χ1n) is 10.6. The zero-order chi connectivity index (χ0) is 23.2. The van der Waals surface area contributed by atoms with Crippen LogP contribution in [0.1, 0.15) is 18.4 Å². The standard InChI is InChI=1S/C22H31N3O5S2/c1-19(20-6-4-3-5-7-20)18-25(16-17-31(26,27)24-14-12-23-13-15-24)32(28,29)22-10-8-21(30-2)9-11-22/h3-11,19,23H,12-18H2,1-2H3/t19-/m1/s1. The van der Waals surface area contributed by atoms with Crippen LogP contribution in [0.5, 0.6) is 5.75 Å². The summed E-state index contributed by atoms with van der Waals surface area (Å²) in [4.78, 5) is 0.109. The highest BCUT2D eigenvalue weighted by Gasteiger charge is 2.30. The van der Waals surface area contributed by atoms with Crippen LogP contribution < -0.4 is 10.1 Å². The average Bonchev–Trinajstić information content (AvgIpc) is 2.82. The Morgan fingerprint density at radius 2 is 1.62 bits per heavy atom. The first-order valence-corrected chi connectivity index (χ1v) is 13.7. The Bertz CT molecular complexity index is 1070. The molecule has 1 heterocycles. The number of methoxy groups -OCH3 is 1. The summed E-state index contributed by atoms with van der Waals surface area (Å²) in [6, 6.07) is 15.7. The van der Waals surface area contributed by atoms with Crippen LogP contribution >= 0.6 is 0 Å². The van der Waals surface area contributed by atoms with E-state index in [1.807, 2.05) is 37.3 Å². The predicted octanol–water partition coefficient (Wildman–Crippen LogP) is 1.72. The van der Waals surface area contributed by atoms with Crippen LogP contribution in [0.4, 0.5) is 0 Å². The summed E-state index contributed by atoms with van der Waals surface area (Å²) < 4.78 is 60.5. The van der Waals surface area contributed by atoms with Crippen molar-refractivity contribution in [3.05, 3.63) is 60.2 Å². The lowest BCUT2D eigenvalue weighted by Gasteiger charge is -2.29. The van der Waals surface area contributed by atoms with Crippen molar-refractivity contribution < 1.29 is 21.6 Å². The second-order valence-corrected chi connectivity index (χ2v) is 11.8. The summed E-state index contributed by atoms with van der Waals surface area (Å²) >= 11 is 0. The van der Waals surface area contributed by atoms with Crippen molar-refractivity contribution in [1.29, 1.82) is 0 Å². The molecule has 0 saturated carbocycles. The molecule has 32 heavy (non-hydrogen) atoms. The van der Waals surface area contributed by atoms with Gasteiger partial charge in [0, 0.05) is 39.3 Å². The Morgan fingerprint density at radius 3 is 2.22 bits per heavy atom. The van der Waals surface area contributed by atoms with E-state index in [1.54, 1.807) is 12.1 Å². The lowest BCUT2D eigenvalue weighted by atomic mass is 10.0. The van der Waals surface area contributed by atoms with E-state index in [1.165, 1.54) is 27.9 Å². The quantitative estimate of drug-likeness (QED) is 0.555. The number of piperazine rings is 1. The van der Waals surface area contributed by atoms with E-state index < -0.39 is 20.0 Å². The van der Waals surface area contributed by atoms with Crippen molar-refractivity contribution in [3.8, 4) is 5.75 Å². The van der Waals surface area contributed by atoms with Gasteiger partial charge in [0.15, 0.2) is 0 Å². The minimum absolute atomic E-state index is 0.105. The third kappa shape index (κ3) is 6.08. The number of benzene rings is 2. The molecule has 8 nitrogen and oxygen atoms in total. The van der Waals surface area contributed by atoms with Gasteiger partial charge < -0.3 is 10.1 Å². The van der Waals surface area contributed by atoms with Gasteiger partial charge in [-0.15, -0.1) is 0 Å². The Hall–Kier alpha value is -1.98. The molecule has 0 bridgehead atoms. The molecule has 2 aromatic carbocycles. The van der Waals surface area contributed by atoms with Crippen LogP contribution in [0.2, 0.25) is 0 Å². The minimum atomic E-state index is -3.90. The molecule has 1 saturated heterocycles. The molecule has 2 aromatic rings. The molecule has 0 amide bonds. The Labute approximate surface area is 191 Å². The van der Waals surface area contributed by atoms with E-state index in [0.29, 0.717) is 31.9 Å². The van der Waals surface area contributed by atoms with Crippen LogP contribution in [0.25, 0.3) is 0 Å². The number of ether oxygens (including phenoxy) is 1. The highest BCUT2D eigenvalue weighted by molar-refractivity contribution is 7.90. The van der Waals surface area contributed by atoms with E-state index in [-0.39, 0.29) is 29.7 Å². The molecule has 1 aliphatic rings. The van der Waals surface area contributed by atoms with Gasteiger partial charge >= 0.3 is 0 Å². The molecule has 1 atom stereocenters. The van der Waals surface area contributed by atoms with E-state index in [0.717, 1.165) is 5.56 Å². The fraction of sp³-hybridized carbons (Fsp3) is 0.455. The van der Waals surface area contributed by atoms with Crippen molar-refractivity contribution in [2.45, 2.75) is 17.7 Å². The van der Waals surface area contributed by atoms with E-state index in [9.17, 15) is 16.8 Å². The fourth-order valence-corrected chi connectivity index (χ4v) is 6.76. The normalized spacial score (nSPS) is 16.7. The van der Waals surface area contributed by atoms with Gasteiger partial charge in [-0.05, 0) is 35.7 Å². The van der Waals surface area contributed by atoms with Crippen molar-refractivity contribution >= 4 is 20.0 Å². The van der Waals surface area contributed by atoms with Gasteiger partial charge in [-0.2, -0.15) is 8.61 Å². The predicted molar refractivity (Wildman–Crippen MR) is 125 cm³/mol. The summed E-state index contributed by atoms with van der Waals surface area (Å²) in [6.45, 7) is 3.99. The molecule has 0 aromatic heterocycles. The molecular weight excluding hydrogens is 450 g/mol. The molecule has 0 spiro atoms. The molecule has 1 aliphatic heterocycles. The molecular formula is C22H31N3O5S2. The second kappa shape index (κ2) is 10.8. The zero-order valence-corrected chi connectivity index (χ0v) is 20.1. The minimum Gasteiger partial charge on any atom is -0.497 e. The van der Waals surface area contributed by atoms with Gasteiger partial charge in [-0.25, -0.2) is 16.8 Å². The van der Waals surface area contributed by atoms with Crippen molar-refractivity contribution in [3.63, 3.8) is 0 Å². The van der Waals surface area contributed by atoms with Gasteiger partial charge in [-0.1, -0.05) is 37.3 Å². The first kappa shape index (κ1) is 24.7. The highest BCUT2D eigenvalue weighted by atomic mass is 32.2. The number of nitrogens with one attached hydrogen (secondary N) is 1. The van der Waals surface area contributed by atoms with E-state index in [4.69, 9.17) is 4.74 Å². The van der Waals surface area contributed by atoms with Gasteiger partial charge in [0.25, 0.3) is 0 Å².